The monoisotopic (exact) mass is 336 g/mol. The predicted octanol–water partition coefficient (Wildman–Crippen LogP) is 2.85. The Morgan fingerprint density at radius 1 is 1.25 bits per heavy atom. The molecule has 1 saturated carbocycles. The number of carbonyl (C=O) groups is 2. The maximum atomic E-state index is 13.6. The third-order valence-electron chi connectivity index (χ3n) is 4.10. The van der Waals surface area contributed by atoms with Crippen LogP contribution < -0.4 is 5.32 Å². The van der Waals surface area contributed by atoms with Gasteiger partial charge in [0.05, 0.1) is 6.07 Å². The molecule has 0 saturated heterocycles. The Balaban J connectivity index is 2.03. The van der Waals surface area contributed by atoms with Crippen LogP contribution in [0.25, 0.3) is 0 Å². The highest BCUT2D eigenvalue weighted by Crippen LogP contribution is 2.27. The summed E-state index contributed by atoms with van der Waals surface area (Å²) < 4.78 is 32.0. The van der Waals surface area contributed by atoms with Crippen LogP contribution in [0.2, 0.25) is 0 Å². The van der Waals surface area contributed by atoms with Crippen LogP contribution in [0.4, 0.5) is 8.78 Å². The van der Waals surface area contributed by atoms with Gasteiger partial charge in [-0.3, -0.25) is 4.79 Å². The molecule has 0 spiro atoms. The Labute approximate surface area is 138 Å². The van der Waals surface area contributed by atoms with Gasteiger partial charge in [-0.1, -0.05) is 25.3 Å². The number of benzene rings is 1. The molecule has 0 aromatic heterocycles. The van der Waals surface area contributed by atoms with E-state index in [9.17, 15) is 23.6 Å². The number of ether oxygens (including phenoxy) is 1. The summed E-state index contributed by atoms with van der Waals surface area (Å²) >= 11 is 0. The number of amides is 1. The molecule has 24 heavy (non-hydrogen) atoms. The van der Waals surface area contributed by atoms with Gasteiger partial charge >= 0.3 is 5.97 Å². The van der Waals surface area contributed by atoms with Gasteiger partial charge in [0.25, 0.3) is 5.91 Å². The van der Waals surface area contributed by atoms with Crippen molar-refractivity contribution in [1.82, 2.24) is 5.32 Å². The summed E-state index contributed by atoms with van der Waals surface area (Å²) in [7, 11) is 0. The standard InChI is InChI=1S/C17H18F2N2O3/c1-11(15(22)21-17(10-20)8-3-2-4-9-17)24-16(23)14-12(18)6-5-7-13(14)19/h5-7,11H,2-4,8-9H2,1H3,(H,21,22)/t11-/m1/s1. The molecule has 1 aliphatic carbocycles. The summed E-state index contributed by atoms with van der Waals surface area (Å²) in [6.07, 6.45) is 2.42. The lowest BCUT2D eigenvalue weighted by Gasteiger charge is -2.32. The molecular weight excluding hydrogens is 318 g/mol. The van der Waals surface area contributed by atoms with Crippen molar-refractivity contribution in [2.75, 3.05) is 0 Å². The summed E-state index contributed by atoms with van der Waals surface area (Å²) in [5, 5.41) is 11.9. The lowest BCUT2D eigenvalue weighted by atomic mass is 9.83. The van der Waals surface area contributed by atoms with Crippen molar-refractivity contribution in [3.05, 3.63) is 35.4 Å². The first-order chi connectivity index (χ1) is 11.4. The first-order valence-electron chi connectivity index (χ1n) is 7.77. The highest BCUT2D eigenvalue weighted by atomic mass is 19.1. The van der Waals surface area contributed by atoms with E-state index in [0.717, 1.165) is 37.5 Å². The van der Waals surface area contributed by atoms with Crippen LogP contribution in [0.5, 0.6) is 0 Å². The molecule has 1 aromatic carbocycles. The van der Waals surface area contributed by atoms with Gasteiger partial charge in [-0.25, -0.2) is 13.6 Å². The molecule has 7 heteroatoms. The molecule has 2 rings (SSSR count). The average Bonchev–Trinajstić information content (AvgIpc) is 2.55. The number of hydrogen-bond donors (Lipinski definition) is 1. The van der Waals surface area contributed by atoms with Crippen LogP contribution in [-0.4, -0.2) is 23.5 Å². The lowest BCUT2D eigenvalue weighted by molar-refractivity contribution is -0.130. The van der Waals surface area contributed by atoms with Crippen LogP contribution >= 0.6 is 0 Å². The van der Waals surface area contributed by atoms with Crippen molar-refractivity contribution < 1.29 is 23.1 Å². The maximum absolute atomic E-state index is 13.6. The molecule has 0 heterocycles. The van der Waals surface area contributed by atoms with E-state index < -0.39 is 40.7 Å². The van der Waals surface area contributed by atoms with Crippen molar-refractivity contribution in [1.29, 1.82) is 5.26 Å². The van der Waals surface area contributed by atoms with Crippen LogP contribution in [0.15, 0.2) is 18.2 Å². The van der Waals surface area contributed by atoms with Gasteiger partial charge in [-0.15, -0.1) is 0 Å². The number of hydrogen-bond acceptors (Lipinski definition) is 4. The summed E-state index contributed by atoms with van der Waals surface area (Å²) in [4.78, 5) is 24.1. The third-order valence-corrected chi connectivity index (χ3v) is 4.10. The molecule has 0 bridgehead atoms. The molecule has 1 aliphatic rings. The van der Waals surface area contributed by atoms with Gasteiger partial charge in [0.15, 0.2) is 6.10 Å². The Kier molecular flexibility index (Phi) is 5.50. The second kappa shape index (κ2) is 7.39. The first-order valence-corrected chi connectivity index (χ1v) is 7.77. The Morgan fingerprint density at radius 2 is 1.83 bits per heavy atom. The number of nitrogens with one attached hydrogen (secondary N) is 1. The number of nitriles is 1. The van der Waals surface area contributed by atoms with Crippen LogP contribution in [0.1, 0.15) is 49.4 Å². The number of halogens is 2. The zero-order valence-corrected chi connectivity index (χ0v) is 13.3. The molecule has 5 nitrogen and oxygen atoms in total. The lowest BCUT2D eigenvalue weighted by Crippen LogP contribution is -2.52. The fourth-order valence-corrected chi connectivity index (χ4v) is 2.72. The predicted molar refractivity (Wildman–Crippen MR) is 80.8 cm³/mol. The number of esters is 1. The van der Waals surface area contributed by atoms with Crippen molar-refractivity contribution >= 4 is 11.9 Å². The number of carbonyl (C=O) groups excluding carboxylic acids is 2. The van der Waals surface area contributed by atoms with Crippen molar-refractivity contribution in [3.8, 4) is 6.07 Å². The van der Waals surface area contributed by atoms with Gasteiger partial charge in [0.1, 0.15) is 22.7 Å². The fraction of sp³-hybridized carbons (Fsp3) is 0.471. The fourth-order valence-electron chi connectivity index (χ4n) is 2.72. The Bertz CT molecular complexity index is 659. The quantitative estimate of drug-likeness (QED) is 0.858. The SMILES string of the molecule is C[C@@H](OC(=O)c1c(F)cccc1F)C(=O)NC1(C#N)CCCCC1. The van der Waals surface area contributed by atoms with E-state index in [1.54, 1.807) is 0 Å². The van der Waals surface area contributed by atoms with Gasteiger partial charge in [0.2, 0.25) is 0 Å². The van der Waals surface area contributed by atoms with E-state index in [1.807, 2.05) is 0 Å². The van der Waals surface area contributed by atoms with E-state index in [-0.39, 0.29) is 0 Å². The molecule has 0 aliphatic heterocycles. The number of rotatable bonds is 4. The third kappa shape index (κ3) is 3.88. The van der Waals surface area contributed by atoms with Crippen LogP contribution in [0.3, 0.4) is 0 Å². The maximum Gasteiger partial charge on any atom is 0.344 e. The summed E-state index contributed by atoms with van der Waals surface area (Å²) in [6.45, 7) is 1.29. The zero-order valence-electron chi connectivity index (χ0n) is 13.3. The summed E-state index contributed by atoms with van der Waals surface area (Å²) in [5.41, 5.74) is -1.82. The van der Waals surface area contributed by atoms with E-state index in [4.69, 9.17) is 4.74 Å². The number of nitrogens with zero attached hydrogens (tertiary/aromatic N) is 1. The smallest absolute Gasteiger partial charge is 0.344 e. The minimum Gasteiger partial charge on any atom is -0.449 e. The zero-order chi connectivity index (χ0) is 17.7. The van der Waals surface area contributed by atoms with Gasteiger partial charge in [0, 0.05) is 0 Å². The molecule has 1 fully saturated rings. The van der Waals surface area contributed by atoms with E-state index in [2.05, 4.69) is 11.4 Å². The minimum atomic E-state index is -1.27. The van der Waals surface area contributed by atoms with E-state index in [1.165, 1.54) is 6.92 Å². The molecule has 0 radical (unpaired) electrons. The second-order valence-corrected chi connectivity index (χ2v) is 5.89. The first kappa shape index (κ1) is 17.9. The highest BCUT2D eigenvalue weighted by molar-refractivity contribution is 5.92. The highest BCUT2D eigenvalue weighted by Gasteiger charge is 2.35. The molecular formula is C17H18F2N2O3. The molecule has 0 unspecified atom stereocenters. The van der Waals surface area contributed by atoms with Gasteiger partial charge < -0.3 is 10.1 Å². The topological polar surface area (TPSA) is 79.2 Å². The Hall–Kier alpha value is -2.49. The van der Waals surface area contributed by atoms with Crippen molar-refractivity contribution in [2.45, 2.75) is 50.7 Å². The van der Waals surface area contributed by atoms with E-state index >= 15 is 0 Å². The van der Waals surface area contributed by atoms with E-state index in [0.29, 0.717) is 12.8 Å². The molecule has 1 atom stereocenters. The molecule has 128 valence electrons. The second-order valence-electron chi connectivity index (χ2n) is 5.89. The van der Waals surface area contributed by atoms with Crippen molar-refractivity contribution in [2.24, 2.45) is 0 Å². The van der Waals surface area contributed by atoms with Crippen LogP contribution in [0, 0.1) is 23.0 Å². The summed E-state index contributed by atoms with van der Waals surface area (Å²) in [5.74, 6) is -4.05. The van der Waals surface area contributed by atoms with Crippen molar-refractivity contribution in [3.63, 3.8) is 0 Å². The normalized spacial score (nSPS) is 17.4. The molecule has 1 aromatic rings. The Morgan fingerprint density at radius 3 is 2.38 bits per heavy atom. The average molecular weight is 336 g/mol. The molecule has 1 N–H and O–H groups in total. The van der Waals surface area contributed by atoms with Gasteiger partial charge in [-0.2, -0.15) is 5.26 Å². The van der Waals surface area contributed by atoms with Crippen LogP contribution in [-0.2, 0) is 9.53 Å². The summed E-state index contributed by atoms with van der Waals surface area (Å²) in [6, 6.07) is 5.09. The molecule has 1 amide bonds. The largest absolute Gasteiger partial charge is 0.449 e. The minimum absolute atomic E-state index is 0.526. The van der Waals surface area contributed by atoms with Gasteiger partial charge in [-0.05, 0) is 31.9 Å².